The normalized spacial score (nSPS) is 10.6. The van der Waals surface area contributed by atoms with Crippen molar-refractivity contribution < 1.29 is 9.53 Å². The van der Waals surface area contributed by atoms with Crippen LogP contribution in [0.5, 0.6) is 5.75 Å². The van der Waals surface area contributed by atoms with Crippen molar-refractivity contribution in [3.8, 4) is 5.75 Å². The summed E-state index contributed by atoms with van der Waals surface area (Å²) in [7, 11) is 0. The zero-order valence-electron chi connectivity index (χ0n) is 11.6. The molecule has 0 radical (unpaired) electrons. The molecule has 2 rings (SSSR count). The summed E-state index contributed by atoms with van der Waals surface area (Å²) in [5.41, 5.74) is 1.87. The van der Waals surface area contributed by atoms with Crippen LogP contribution in [0.25, 0.3) is 0 Å². The molecule has 0 amide bonds. The minimum Gasteiger partial charge on any atom is -0.484 e. The zero-order chi connectivity index (χ0) is 14.5. The molecule has 20 heavy (non-hydrogen) atoms. The summed E-state index contributed by atoms with van der Waals surface area (Å²) in [5, 5.41) is 0.510. The Kier molecular flexibility index (Phi) is 4.80. The molecular formula is C17H17ClO2. The summed E-state index contributed by atoms with van der Waals surface area (Å²) in [6.07, 6.45) is 0. The third-order valence-electron chi connectivity index (χ3n) is 3.09. The zero-order valence-corrected chi connectivity index (χ0v) is 12.4. The quantitative estimate of drug-likeness (QED) is 0.744. The van der Waals surface area contributed by atoms with Crippen LogP contribution in [0.3, 0.4) is 0 Å². The van der Waals surface area contributed by atoms with Gasteiger partial charge in [0, 0.05) is 5.56 Å². The molecule has 0 heterocycles. The van der Waals surface area contributed by atoms with Crippen LogP contribution in [-0.2, 0) is 0 Å². The van der Waals surface area contributed by atoms with Gasteiger partial charge < -0.3 is 4.74 Å². The van der Waals surface area contributed by atoms with Crippen LogP contribution in [0.1, 0.15) is 35.7 Å². The fourth-order valence-electron chi connectivity index (χ4n) is 1.84. The number of benzene rings is 2. The largest absolute Gasteiger partial charge is 0.484 e. The Hall–Kier alpha value is -1.80. The van der Waals surface area contributed by atoms with Gasteiger partial charge in [-0.25, -0.2) is 0 Å². The van der Waals surface area contributed by atoms with Gasteiger partial charge in [-0.05, 0) is 23.6 Å². The average Bonchev–Trinajstić information content (AvgIpc) is 2.46. The number of ether oxygens (including phenoxy) is 1. The van der Waals surface area contributed by atoms with E-state index in [1.165, 1.54) is 5.56 Å². The number of rotatable bonds is 5. The summed E-state index contributed by atoms with van der Waals surface area (Å²) in [6.45, 7) is 4.24. The van der Waals surface area contributed by atoms with E-state index in [0.29, 0.717) is 22.3 Å². The summed E-state index contributed by atoms with van der Waals surface area (Å²) in [4.78, 5) is 12.0. The van der Waals surface area contributed by atoms with Gasteiger partial charge in [0.2, 0.25) is 0 Å². The molecule has 2 nitrogen and oxygen atoms in total. The van der Waals surface area contributed by atoms with Gasteiger partial charge in [0.25, 0.3) is 0 Å². The predicted molar refractivity (Wildman–Crippen MR) is 81.8 cm³/mol. The number of hydrogen-bond acceptors (Lipinski definition) is 2. The molecule has 0 atom stereocenters. The molecule has 2 aromatic rings. The van der Waals surface area contributed by atoms with Crippen molar-refractivity contribution in [1.29, 1.82) is 0 Å². The maximum atomic E-state index is 12.0. The van der Waals surface area contributed by atoms with Gasteiger partial charge in [0.15, 0.2) is 12.4 Å². The molecule has 0 aliphatic rings. The van der Waals surface area contributed by atoms with E-state index in [9.17, 15) is 4.79 Å². The van der Waals surface area contributed by atoms with E-state index in [-0.39, 0.29) is 12.4 Å². The summed E-state index contributed by atoms with van der Waals surface area (Å²) < 4.78 is 5.45. The molecule has 104 valence electrons. The lowest BCUT2D eigenvalue weighted by molar-refractivity contribution is 0.0921. The van der Waals surface area contributed by atoms with Gasteiger partial charge >= 0.3 is 0 Å². The Bertz CT molecular complexity index is 588. The Balaban J connectivity index is 2.00. The summed E-state index contributed by atoms with van der Waals surface area (Å²) in [5.74, 6) is 0.931. The molecule has 2 aromatic carbocycles. The molecule has 0 bridgehead atoms. The number of carbonyl (C=O) groups is 1. The van der Waals surface area contributed by atoms with Gasteiger partial charge in [-0.15, -0.1) is 0 Å². The molecule has 0 spiro atoms. The van der Waals surface area contributed by atoms with Gasteiger partial charge in [-0.2, -0.15) is 0 Å². The lowest BCUT2D eigenvalue weighted by atomic mass is 10.0. The molecule has 0 saturated carbocycles. The number of carbonyl (C=O) groups excluding carboxylic acids is 1. The van der Waals surface area contributed by atoms with E-state index < -0.39 is 0 Å². The minimum atomic E-state index is -0.0553. The Morgan fingerprint density at radius 2 is 1.75 bits per heavy atom. The highest BCUT2D eigenvalue weighted by Crippen LogP contribution is 2.23. The standard InChI is InChI=1S/C17H17ClO2/c1-12(2)13-7-9-14(10-8-13)16(19)11-20-17-6-4-3-5-15(17)18/h3-10,12H,11H2,1-2H3. The molecule has 0 aliphatic carbocycles. The average molecular weight is 289 g/mol. The first-order chi connectivity index (χ1) is 9.58. The van der Waals surface area contributed by atoms with Crippen LogP contribution in [-0.4, -0.2) is 12.4 Å². The highest BCUT2D eigenvalue weighted by atomic mass is 35.5. The highest BCUT2D eigenvalue weighted by molar-refractivity contribution is 6.32. The third kappa shape index (κ3) is 3.61. The van der Waals surface area contributed by atoms with Crippen molar-refractivity contribution in [2.45, 2.75) is 19.8 Å². The monoisotopic (exact) mass is 288 g/mol. The molecule has 0 N–H and O–H groups in total. The van der Waals surface area contributed by atoms with E-state index >= 15 is 0 Å². The first kappa shape index (κ1) is 14.6. The van der Waals surface area contributed by atoms with Crippen LogP contribution >= 0.6 is 11.6 Å². The van der Waals surface area contributed by atoms with Gasteiger partial charge in [0.05, 0.1) is 5.02 Å². The van der Waals surface area contributed by atoms with E-state index in [2.05, 4.69) is 13.8 Å². The molecule has 0 unspecified atom stereocenters. The van der Waals surface area contributed by atoms with Crippen LogP contribution in [0.2, 0.25) is 5.02 Å². The van der Waals surface area contributed by atoms with Crippen LogP contribution in [0.4, 0.5) is 0 Å². The topological polar surface area (TPSA) is 26.3 Å². The number of hydrogen-bond donors (Lipinski definition) is 0. The van der Waals surface area contributed by atoms with Gasteiger partial charge in [-0.3, -0.25) is 4.79 Å². The smallest absolute Gasteiger partial charge is 0.200 e. The van der Waals surface area contributed by atoms with Crippen molar-refractivity contribution >= 4 is 17.4 Å². The Morgan fingerprint density at radius 1 is 1.10 bits per heavy atom. The summed E-state index contributed by atoms with van der Waals surface area (Å²) in [6, 6.07) is 14.8. The van der Waals surface area contributed by atoms with Crippen LogP contribution < -0.4 is 4.74 Å². The lowest BCUT2D eigenvalue weighted by Crippen LogP contribution is -2.11. The SMILES string of the molecule is CC(C)c1ccc(C(=O)COc2ccccc2Cl)cc1. The molecule has 0 aliphatic heterocycles. The second-order valence-electron chi connectivity index (χ2n) is 4.92. The second kappa shape index (κ2) is 6.58. The second-order valence-corrected chi connectivity index (χ2v) is 5.33. The van der Waals surface area contributed by atoms with Gasteiger partial charge in [-0.1, -0.05) is 61.8 Å². The first-order valence-electron chi connectivity index (χ1n) is 6.58. The van der Waals surface area contributed by atoms with Crippen molar-refractivity contribution in [2.24, 2.45) is 0 Å². The fraction of sp³-hybridized carbons (Fsp3) is 0.235. The van der Waals surface area contributed by atoms with Crippen molar-refractivity contribution in [1.82, 2.24) is 0 Å². The minimum absolute atomic E-state index is 0.00917. The van der Waals surface area contributed by atoms with E-state index in [4.69, 9.17) is 16.3 Å². The number of ketones is 1. The van der Waals surface area contributed by atoms with Crippen molar-refractivity contribution in [3.05, 3.63) is 64.7 Å². The molecular weight excluding hydrogens is 272 g/mol. The molecule has 0 aromatic heterocycles. The third-order valence-corrected chi connectivity index (χ3v) is 3.41. The van der Waals surface area contributed by atoms with Crippen LogP contribution in [0.15, 0.2) is 48.5 Å². The predicted octanol–water partition coefficient (Wildman–Crippen LogP) is 4.73. The molecule has 0 fully saturated rings. The van der Waals surface area contributed by atoms with Crippen molar-refractivity contribution in [3.63, 3.8) is 0 Å². The number of halogens is 1. The molecule has 3 heteroatoms. The maximum Gasteiger partial charge on any atom is 0.200 e. The highest BCUT2D eigenvalue weighted by Gasteiger charge is 2.09. The Morgan fingerprint density at radius 3 is 2.35 bits per heavy atom. The lowest BCUT2D eigenvalue weighted by Gasteiger charge is -2.08. The number of para-hydroxylation sites is 1. The maximum absolute atomic E-state index is 12.0. The first-order valence-corrected chi connectivity index (χ1v) is 6.96. The number of Topliss-reactive ketones (excluding diaryl/α,β-unsaturated/α-hetero) is 1. The van der Waals surface area contributed by atoms with E-state index in [1.54, 1.807) is 12.1 Å². The fourth-order valence-corrected chi connectivity index (χ4v) is 2.03. The molecule has 0 saturated heterocycles. The van der Waals surface area contributed by atoms with Crippen LogP contribution in [0, 0.1) is 0 Å². The van der Waals surface area contributed by atoms with Crippen molar-refractivity contribution in [2.75, 3.05) is 6.61 Å². The summed E-state index contributed by atoms with van der Waals surface area (Å²) >= 11 is 5.97. The van der Waals surface area contributed by atoms with Gasteiger partial charge in [0.1, 0.15) is 5.75 Å². The Labute approximate surface area is 124 Å². The van der Waals surface area contributed by atoms with E-state index in [1.807, 2.05) is 36.4 Å². The van der Waals surface area contributed by atoms with E-state index in [0.717, 1.165) is 0 Å².